The Morgan fingerprint density at radius 3 is 2.31 bits per heavy atom. The van der Waals surface area contributed by atoms with Crippen LogP contribution < -0.4 is 0 Å². The largest absolute Gasteiger partial charge is 0.339 e. The van der Waals surface area contributed by atoms with E-state index in [1.165, 1.54) is 0 Å². The fraction of sp³-hybridized carbons (Fsp3) is 0.462. The molecule has 0 bridgehead atoms. The first-order chi connectivity index (χ1) is 7.62. The molecule has 0 atom stereocenters. The van der Waals surface area contributed by atoms with E-state index in [-0.39, 0.29) is 5.91 Å². The maximum Gasteiger partial charge on any atom is 0.253 e. The van der Waals surface area contributed by atoms with E-state index >= 15 is 0 Å². The first-order valence-corrected chi connectivity index (χ1v) is 6.08. The van der Waals surface area contributed by atoms with Crippen LogP contribution in [0.3, 0.4) is 0 Å². The van der Waals surface area contributed by atoms with Crippen molar-refractivity contribution >= 4 is 17.5 Å². The van der Waals surface area contributed by atoms with E-state index in [1.807, 2.05) is 26.0 Å². The second kappa shape index (κ2) is 5.90. The zero-order chi connectivity index (χ0) is 12.1. The second-order valence-corrected chi connectivity index (χ2v) is 4.12. The van der Waals surface area contributed by atoms with E-state index < -0.39 is 0 Å². The van der Waals surface area contributed by atoms with Crippen LogP contribution in [0.2, 0.25) is 5.02 Å². The summed E-state index contributed by atoms with van der Waals surface area (Å²) in [5, 5.41) is 0.634. The molecule has 0 aliphatic heterocycles. The number of aryl methyl sites for hydroxylation is 1. The van der Waals surface area contributed by atoms with E-state index in [1.54, 1.807) is 11.0 Å². The van der Waals surface area contributed by atoms with Gasteiger partial charge in [0.15, 0.2) is 0 Å². The highest BCUT2D eigenvalue weighted by molar-refractivity contribution is 6.31. The second-order valence-electron chi connectivity index (χ2n) is 3.68. The number of carbonyl (C=O) groups excluding carboxylic acids is 1. The van der Waals surface area contributed by atoms with Crippen molar-refractivity contribution in [2.45, 2.75) is 27.2 Å². The summed E-state index contributed by atoms with van der Waals surface area (Å²) in [5.41, 5.74) is 1.79. The number of amides is 1. The maximum atomic E-state index is 12.1. The first-order valence-electron chi connectivity index (χ1n) is 5.71. The number of halogens is 1. The molecule has 1 amide bonds. The summed E-state index contributed by atoms with van der Waals surface area (Å²) in [5.74, 6) is 0.0576. The van der Waals surface area contributed by atoms with Crippen molar-refractivity contribution in [2.75, 3.05) is 13.1 Å². The molecule has 1 aromatic carbocycles. The van der Waals surface area contributed by atoms with Gasteiger partial charge in [0, 0.05) is 23.7 Å². The van der Waals surface area contributed by atoms with Gasteiger partial charge in [0.2, 0.25) is 0 Å². The molecule has 2 nitrogen and oxygen atoms in total. The summed E-state index contributed by atoms with van der Waals surface area (Å²) >= 11 is 5.99. The number of nitrogens with zero attached hydrogens (tertiary/aromatic N) is 1. The Morgan fingerprint density at radius 2 is 1.81 bits per heavy atom. The summed E-state index contributed by atoms with van der Waals surface area (Å²) < 4.78 is 0. The molecular weight excluding hydrogens is 222 g/mol. The van der Waals surface area contributed by atoms with Gasteiger partial charge in [-0.25, -0.2) is 0 Å². The van der Waals surface area contributed by atoms with Gasteiger partial charge in [0.1, 0.15) is 0 Å². The molecule has 0 saturated carbocycles. The van der Waals surface area contributed by atoms with E-state index in [0.717, 1.165) is 25.1 Å². The van der Waals surface area contributed by atoms with Crippen LogP contribution in [0.15, 0.2) is 18.2 Å². The highest BCUT2D eigenvalue weighted by Crippen LogP contribution is 2.17. The third-order valence-electron chi connectivity index (χ3n) is 2.66. The van der Waals surface area contributed by atoms with Crippen molar-refractivity contribution < 1.29 is 4.79 Å². The fourth-order valence-corrected chi connectivity index (χ4v) is 1.93. The van der Waals surface area contributed by atoms with Crippen molar-refractivity contribution in [3.63, 3.8) is 0 Å². The number of carbonyl (C=O) groups is 1. The third-order valence-corrected chi connectivity index (χ3v) is 2.88. The van der Waals surface area contributed by atoms with Gasteiger partial charge in [-0.1, -0.05) is 18.5 Å². The normalized spacial score (nSPS) is 10.2. The Bertz CT molecular complexity index is 372. The topological polar surface area (TPSA) is 20.3 Å². The molecule has 1 rings (SSSR count). The Hall–Kier alpha value is -1.02. The Kier molecular flexibility index (Phi) is 4.81. The van der Waals surface area contributed by atoms with E-state index in [9.17, 15) is 4.79 Å². The van der Waals surface area contributed by atoms with E-state index in [2.05, 4.69) is 6.92 Å². The lowest BCUT2D eigenvalue weighted by Crippen LogP contribution is -2.30. The van der Waals surface area contributed by atoms with Gasteiger partial charge in [-0.05, 0) is 44.0 Å². The smallest absolute Gasteiger partial charge is 0.253 e. The molecule has 3 heteroatoms. The van der Waals surface area contributed by atoms with Crippen molar-refractivity contribution in [2.24, 2.45) is 0 Å². The zero-order valence-corrected chi connectivity index (χ0v) is 10.8. The number of hydrogen-bond donors (Lipinski definition) is 0. The van der Waals surface area contributed by atoms with Crippen LogP contribution >= 0.6 is 11.6 Å². The van der Waals surface area contributed by atoms with Gasteiger partial charge in [-0.2, -0.15) is 0 Å². The summed E-state index contributed by atoms with van der Waals surface area (Å²) in [6.07, 6.45) is 0.888. The standard InChI is InChI=1S/C13H18ClNO/c1-4-10-7-11(9-12(14)8-10)13(16)15(5-2)6-3/h7-9H,4-6H2,1-3H3. The summed E-state index contributed by atoms with van der Waals surface area (Å²) in [4.78, 5) is 13.9. The molecule has 16 heavy (non-hydrogen) atoms. The molecule has 0 spiro atoms. The molecular formula is C13H18ClNO. The molecule has 0 heterocycles. The maximum absolute atomic E-state index is 12.1. The minimum absolute atomic E-state index is 0.0576. The fourth-order valence-electron chi connectivity index (χ4n) is 1.67. The van der Waals surface area contributed by atoms with Crippen LogP contribution in [-0.2, 0) is 6.42 Å². The quantitative estimate of drug-likeness (QED) is 0.789. The van der Waals surface area contributed by atoms with Gasteiger partial charge in [0.05, 0.1) is 0 Å². The third kappa shape index (κ3) is 2.99. The van der Waals surface area contributed by atoms with Crippen LogP contribution in [-0.4, -0.2) is 23.9 Å². The first kappa shape index (κ1) is 13.0. The van der Waals surface area contributed by atoms with Gasteiger partial charge in [0.25, 0.3) is 5.91 Å². The van der Waals surface area contributed by atoms with Crippen LogP contribution in [0.5, 0.6) is 0 Å². The molecule has 0 radical (unpaired) electrons. The Labute approximate surface area is 102 Å². The molecule has 0 N–H and O–H groups in total. The lowest BCUT2D eigenvalue weighted by atomic mass is 10.1. The van der Waals surface area contributed by atoms with Crippen LogP contribution in [0.25, 0.3) is 0 Å². The van der Waals surface area contributed by atoms with Crippen LogP contribution in [0, 0.1) is 0 Å². The Morgan fingerprint density at radius 1 is 1.19 bits per heavy atom. The summed E-state index contributed by atoms with van der Waals surface area (Å²) in [7, 11) is 0. The number of benzene rings is 1. The van der Waals surface area contributed by atoms with Crippen molar-refractivity contribution in [3.05, 3.63) is 34.3 Å². The average Bonchev–Trinajstić information content (AvgIpc) is 2.29. The molecule has 88 valence electrons. The van der Waals surface area contributed by atoms with Gasteiger partial charge < -0.3 is 4.90 Å². The summed E-state index contributed by atoms with van der Waals surface area (Å²) in [6.45, 7) is 7.46. The molecule has 0 saturated heterocycles. The van der Waals surface area contributed by atoms with Crippen LogP contribution in [0.4, 0.5) is 0 Å². The molecule has 0 aliphatic rings. The van der Waals surface area contributed by atoms with Crippen LogP contribution in [0.1, 0.15) is 36.7 Å². The predicted molar refractivity (Wildman–Crippen MR) is 68.1 cm³/mol. The van der Waals surface area contributed by atoms with Crippen molar-refractivity contribution in [3.8, 4) is 0 Å². The minimum atomic E-state index is 0.0576. The lowest BCUT2D eigenvalue weighted by molar-refractivity contribution is 0.0773. The molecule has 0 unspecified atom stereocenters. The zero-order valence-electron chi connectivity index (χ0n) is 10.1. The predicted octanol–water partition coefficient (Wildman–Crippen LogP) is 3.38. The SMILES string of the molecule is CCc1cc(Cl)cc(C(=O)N(CC)CC)c1. The highest BCUT2D eigenvalue weighted by atomic mass is 35.5. The van der Waals surface area contributed by atoms with Crippen molar-refractivity contribution in [1.29, 1.82) is 0 Å². The van der Waals surface area contributed by atoms with Gasteiger partial charge in [-0.15, -0.1) is 0 Å². The molecule has 1 aromatic rings. The summed E-state index contributed by atoms with van der Waals surface area (Å²) in [6, 6.07) is 5.56. The number of rotatable bonds is 4. The van der Waals surface area contributed by atoms with E-state index in [4.69, 9.17) is 11.6 Å². The van der Waals surface area contributed by atoms with Crippen molar-refractivity contribution in [1.82, 2.24) is 4.90 Å². The molecule has 0 aliphatic carbocycles. The highest BCUT2D eigenvalue weighted by Gasteiger charge is 2.13. The van der Waals surface area contributed by atoms with E-state index in [0.29, 0.717) is 10.6 Å². The average molecular weight is 240 g/mol. The molecule has 0 aromatic heterocycles. The monoisotopic (exact) mass is 239 g/mol. The molecule has 0 fully saturated rings. The Balaban J connectivity index is 3.03. The lowest BCUT2D eigenvalue weighted by Gasteiger charge is -2.19. The minimum Gasteiger partial charge on any atom is -0.339 e. The van der Waals surface area contributed by atoms with Gasteiger partial charge >= 0.3 is 0 Å². The van der Waals surface area contributed by atoms with Gasteiger partial charge in [-0.3, -0.25) is 4.79 Å². The number of hydrogen-bond acceptors (Lipinski definition) is 1.